The van der Waals surface area contributed by atoms with E-state index in [-0.39, 0.29) is 18.0 Å². The number of benzene rings is 1. The van der Waals surface area contributed by atoms with E-state index in [1.165, 1.54) is 0 Å². The molecule has 0 unspecified atom stereocenters. The highest BCUT2D eigenvalue weighted by Gasteiger charge is 2.22. The minimum Gasteiger partial charge on any atom is -0.478 e. The first kappa shape index (κ1) is 16.3. The maximum Gasteiger partial charge on any atom is 0.335 e. The number of nitrogens with one attached hydrogen (secondary N) is 1. The van der Waals surface area contributed by atoms with Crippen molar-refractivity contribution in [3.63, 3.8) is 0 Å². The molecule has 0 saturated carbocycles. The number of carboxylic acids is 1. The molecular formula is C13H16FNO4S2. The predicted molar refractivity (Wildman–Crippen MR) is 78.6 cm³/mol. The molecule has 0 amide bonds. The molecule has 2 rings (SSSR count). The minimum atomic E-state index is -3.96. The summed E-state index contributed by atoms with van der Waals surface area (Å²) in [6.07, 6.45) is 1.88. The molecule has 21 heavy (non-hydrogen) atoms. The summed E-state index contributed by atoms with van der Waals surface area (Å²) in [5.74, 6) is -0.0724. The highest BCUT2D eigenvalue weighted by Crippen LogP contribution is 2.23. The second kappa shape index (κ2) is 6.76. The van der Waals surface area contributed by atoms with E-state index >= 15 is 0 Å². The Balaban J connectivity index is 2.10. The van der Waals surface area contributed by atoms with Gasteiger partial charge in [0.25, 0.3) is 0 Å². The molecule has 1 heterocycles. The summed E-state index contributed by atoms with van der Waals surface area (Å²) in [4.78, 5) is 10.2. The van der Waals surface area contributed by atoms with Crippen LogP contribution in [0.15, 0.2) is 23.1 Å². The molecular weight excluding hydrogens is 317 g/mol. The molecule has 0 spiro atoms. The maximum atomic E-state index is 13.8. The maximum absolute atomic E-state index is 13.8. The fourth-order valence-corrected chi connectivity index (χ4v) is 4.49. The lowest BCUT2D eigenvalue weighted by molar-refractivity contribution is 0.0696. The first-order valence-corrected chi connectivity index (χ1v) is 9.14. The van der Waals surface area contributed by atoms with Gasteiger partial charge in [-0.3, -0.25) is 0 Å². The van der Waals surface area contributed by atoms with Crippen molar-refractivity contribution < 1.29 is 22.7 Å². The zero-order chi connectivity index (χ0) is 15.5. The summed E-state index contributed by atoms with van der Waals surface area (Å²) >= 11 is 1.84. The Bertz CT molecular complexity index is 627. The molecule has 1 saturated heterocycles. The SMILES string of the molecule is O=C(O)c1ccc(S(=O)(=O)NCC2CCSCC2)c(F)c1. The smallest absolute Gasteiger partial charge is 0.335 e. The molecule has 8 heteroatoms. The van der Waals surface area contributed by atoms with Crippen molar-refractivity contribution in [3.8, 4) is 0 Å². The second-order valence-corrected chi connectivity index (χ2v) is 7.82. The predicted octanol–water partition coefficient (Wildman–Crippen LogP) is 1.95. The fraction of sp³-hybridized carbons (Fsp3) is 0.462. The zero-order valence-electron chi connectivity index (χ0n) is 11.2. The van der Waals surface area contributed by atoms with Crippen LogP contribution in [0, 0.1) is 11.7 Å². The fourth-order valence-electron chi connectivity index (χ4n) is 2.11. The molecule has 0 atom stereocenters. The number of carboxylic acid groups (broad SMARTS) is 1. The van der Waals surface area contributed by atoms with Gasteiger partial charge in [0.2, 0.25) is 10.0 Å². The van der Waals surface area contributed by atoms with E-state index in [0.717, 1.165) is 36.5 Å². The highest BCUT2D eigenvalue weighted by atomic mass is 32.2. The van der Waals surface area contributed by atoms with Gasteiger partial charge in [-0.15, -0.1) is 0 Å². The topological polar surface area (TPSA) is 83.5 Å². The Hall–Kier alpha value is -1.12. The summed E-state index contributed by atoms with van der Waals surface area (Å²) in [7, 11) is -3.96. The molecule has 0 bridgehead atoms. The number of hydrogen-bond acceptors (Lipinski definition) is 4. The van der Waals surface area contributed by atoms with Crippen molar-refractivity contribution in [2.24, 2.45) is 5.92 Å². The molecule has 0 aromatic heterocycles. The van der Waals surface area contributed by atoms with Gasteiger partial charge in [0.15, 0.2) is 0 Å². The van der Waals surface area contributed by atoms with Crippen LogP contribution in [0.3, 0.4) is 0 Å². The molecule has 116 valence electrons. The van der Waals surface area contributed by atoms with Gasteiger partial charge in [-0.1, -0.05) is 0 Å². The van der Waals surface area contributed by atoms with Gasteiger partial charge in [0.05, 0.1) is 5.56 Å². The van der Waals surface area contributed by atoms with Crippen LogP contribution in [0.1, 0.15) is 23.2 Å². The molecule has 1 aliphatic rings. The summed E-state index contributed by atoms with van der Waals surface area (Å²) in [6, 6.07) is 2.78. The van der Waals surface area contributed by atoms with Gasteiger partial charge >= 0.3 is 5.97 Å². The minimum absolute atomic E-state index is 0.266. The van der Waals surface area contributed by atoms with Gasteiger partial charge in [-0.05, 0) is 48.5 Å². The van der Waals surface area contributed by atoms with Gasteiger partial charge in [-0.25, -0.2) is 22.3 Å². The van der Waals surface area contributed by atoms with Crippen LogP contribution in [0.4, 0.5) is 4.39 Å². The molecule has 1 aromatic rings. The Labute approximate surface area is 127 Å². The molecule has 2 N–H and O–H groups in total. The lowest BCUT2D eigenvalue weighted by Crippen LogP contribution is -2.31. The number of halogens is 1. The summed E-state index contributed by atoms with van der Waals surface area (Å²) in [5.41, 5.74) is -0.282. The molecule has 0 aliphatic carbocycles. The largest absolute Gasteiger partial charge is 0.478 e. The van der Waals surface area contributed by atoms with Crippen LogP contribution in [0.2, 0.25) is 0 Å². The number of thioether (sulfide) groups is 1. The number of carbonyl (C=O) groups is 1. The quantitative estimate of drug-likeness (QED) is 0.860. The Morgan fingerprint density at radius 2 is 2.05 bits per heavy atom. The molecule has 5 nitrogen and oxygen atoms in total. The second-order valence-electron chi connectivity index (χ2n) is 4.86. The van der Waals surface area contributed by atoms with Crippen molar-refractivity contribution in [1.29, 1.82) is 0 Å². The third-order valence-corrected chi connectivity index (χ3v) is 5.88. The number of hydrogen-bond donors (Lipinski definition) is 2. The normalized spacial score (nSPS) is 16.8. The monoisotopic (exact) mass is 333 g/mol. The van der Waals surface area contributed by atoms with Gasteiger partial charge in [0, 0.05) is 6.54 Å². The lowest BCUT2D eigenvalue weighted by Gasteiger charge is -2.21. The third-order valence-electron chi connectivity index (χ3n) is 3.37. The van der Waals surface area contributed by atoms with Gasteiger partial charge < -0.3 is 5.11 Å². The van der Waals surface area contributed by atoms with Crippen LogP contribution in [-0.2, 0) is 10.0 Å². The van der Waals surface area contributed by atoms with E-state index in [2.05, 4.69) is 4.72 Å². The first-order valence-electron chi connectivity index (χ1n) is 6.50. The summed E-state index contributed by atoms with van der Waals surface area (Å²) in [6.45, 7) is 0.281. The third kappa shape index (κ3) is 4.18. The van der Waals surface area contributed by atoms with Crippen molar-refractivity contribution in [3.05, 3.63) is 29.6 Å². The van der Waals surface area contributed by atoms with Crippen molar-refractivity contribution >= 4 is 27.8 Å². The van der Waals surface area contributed by atoms with E-state index in [0.29, 0.717) is 6.07 Å². The number of aromatic carboxylic acids is 1. The molecule has 1 aliphatic heterocycles. The van der Waals surface area contributed by atoms with Crippen molar-refractivity contribution in [2.45, 2.75) is 17.7 Å². The highest BCUT2D eigenvalue weighted by molar-refractivity contribution is 7.99. The van der Waals surface area contributed by atoms with Crippen LogP contribution in [-0.4, -0.2) is 37.5 Å². The summed E-state index contributed by atoms with van der Waals surface area (Å²) < 4.78 is 40.3. The average molecular weight is 333 g/mol. The molecule has 0 radical (unpaired) electrons. The van der Waals surface area contributed by atoms with E-state index < -0.39 is 26.7 Å². The van der Waals surface area contributed by atoms with E-state index in [9.17, 15) is 17.6 Å². The van der Waals surface area contributed by atoms with Crippen LogP contribution < -0.4 is 4.72 Å². The van der Waals surface area contributed by atoms with Gasteiger partial charge in [-0.2, -0.15) is 11.8 Å². The molecule has 1 aromatic carbocycles. The van der Waals surface area contributed by atoms with Gasteiger partial charge in [0.1, 0.15) is 10.7 Å². The zero-order valence-corrected chi connectivity index (χ0v) is 12.8. The average Bonchev–Trinajstić information content (AvgIpc) is 2.46. The Morgan fingerprint density at radius 3 is 2.62 bits per heavy atom. The standard InChI is InChI=1S/C13H16FNO4S2/c14-11-7-10(13(16)17)1-2-12(11)21(18,19)15-8-9-3-5-20-6-4-9/h1-2,7,9,15H,3-6,8H2,(H,16,17). The Morgan fingerprint density at radius 1 is 1.38 bits per heavy atom. The van der Waals surface area contributed by atoms with E-state index in [4.69, 9.17) is 5.11 Å². The number of rotatable bonds is 5. The van der Waals surface area contributed by atoms with E-state index in [1.807, 2.05) is 11.8 Å². The lowest BCUT2D eigenvalue weighted by atomic mass is 10.0. The van der Waals surface area contributed by atoms with Crippen molar-refractivity contribution in [1.82, 2.24) is 4.72 Å². The Kier molecular flexibility index (Phi) is 5.23. The van der Waals surface area contributed by atoms with Crippen LogP contribution in [0.5, 0.6) is 0 Å². The molecule has 1 fully saturated rings. The van der Waals surface area contributed by atoms with Crippen molar-refractivity contribution in [2.75, 3.05) is 18.1 Å². The first-order chi connectivity index (χ1) is 9.90. The van der Waals surface area contributed by atoms with Crippen LogP contribution in [0.25, 0.3) is 0 Å². The van der Waals surface area contributed by atoms with E-state index in [1.54, 1.807) is 0 Å². The van der Waals surface area contributed by atoms with Crippen LogP contribution >= 0.6 is 11.8 Å². The number of sulfonamides is 1. The summed E-state index contributed by atoms with van der Waals surface area (Å²) in [5, 5.41) is 8.74.